The number of thiocarbonyl (C=S) groups is 1. The Hall–Kier alpha value is -0.260. The van der Waals surface area contributed by atoms with Gasteiger partial charge in [-0.25, -0.2) is 0 Å². The summed E-state index contributed by atoms with van der Waals surface area (Å²) in [5.41, 5.74) is 7.59. The molecule has 94 valence electrons. The molecule has 0 saturated carbocycles. The van der Waals surface area contributed by atoms with E-state index >= 15 is 0 Å². The molecule has 0 radical (unpaired) electrons. The number of rotatable bonds is 5. The Labute approximate surface area is 121 Å². The van der Waals surface area contributed by atoms with E-state index in [1.165, 1.54) is 0 Å². The first-order valence-corrected chi connectivity index (χ1v) is 7.67. The molecule has 0 amide bonds. The van der Waals surface area contributed by atoms with Gasteiger partial charge >= 0.3 is 0 Å². The van der Waals surface area contributed by atoms with Crippen LogP contribution in [0.5, 0.6) is 0 Å². The Kier molecular flexibility index (Phi) is 5.28. The molecule has 0 bridgehead atoms. The van der Waals surface area contributed by atoms with Crippen molar-refractivity contribution in [3.63, 3.8) is 0 Å². The number of hydrogen-bond acceptors (Lipinski definition) is 3. The number of anilines is 1. The largest absolute Gasteiger partial charge is 0.389 e. The van der Waals surface area contributed by atoms with Crippen LogP contribution in [0.4, 0.5) is 5.69 Å². The maximum absolute atomic E-state index is 5.72. The van der Waals surface area contributed by atoms with Crippen molar-refractivity contribution in [1.29, 1.82) is 0 Å². The minimum atomic E-state index is 0.181. The Morgan fingerprint density at radius 1 is 1.53 bits per heavy atom. The van der Waals surface area contributed by atoms with Gasteiger partial charge in [0.2, 0.25) is 0 Å². The first-order chi connectivity index (χ1) is 7.85. The molecule has 0 heterocycles. The third kappa shape index (κ3) is 4.48. The predicted octanol–water partition coefficient (Wildman–Crippen LogP) is 3.64. The van der Waals surface area contributed by atoms with Crippen LogP contribution in [-0.4, -0.2) is 22.5 Å². The Bertz CT molecular complexity index is 419. The molecule has 2 nitrogen and oxygen atoms in total. The lowest BCUT2D eigenvalue weighted by molar-refractivity contribution is 0.752. The van der Waals surface area contributed by atoms with E-state index in [1.807, 2.05) is 30.0 Å². The second-order valence-corrected chi connectivity index (χ2v) is 7.24. The van der Waals surface area contributed by atoms with Gasteiger partial charge in [0, 0.05) is 27.0 Å². The van der Waals surface area contributed by atoms with E-state index in [-0.39, 0.29) is 4.75 Å². The molecular formula is C12H17BrN2S2. The number of thioether (sulfide) groups is 1. The summed E-state index contributed by atoms with van der Waals surface area (Å²) in [5, 5.41) is 3.40. The van der Waals surface area contributed by atoms with Gasteiger partial charge in [-0.1, -0.05) is 28.1 Å². The molecule has 1 rings (SSSR count). The van der Waals surface area contributed by atoms with Crippen LogP contribution in [0.2, 0.25) is 0 Å². The van der Waals surface area contributed by atoms with Crippen LogP contribution in [0.15, 0.2) is 22.7 Å². The highest BCUT2D eigenvalue weighted by Crippen LogP contribution is 2.25. The van der Waals surface area contributed by atoms with Crippen LogP contribution < -0.4 is 11.1 Å². The molecule has 1 aromatic carbocycles. The number of benzene rings is 1. The third-order valence-electron chi connectivity index (χ3n) is 2.50. The topological polar surface area (TPSA) is 38.0 Å². The second kappa shape index (κ2) is 6.07. The first kappa shape index (κ1) is 14.8. The van der Waals surface area contributed by atoms with Crippen molar-refractivity contribution < 1.29 is 0 Å². The molecule has 0 aliphatic carbocycles. The summed E-state index contributed by atoms with van der Waals surface area (Å²) in [6.07, 6.45) is 2.11. The quantitative estimate of drug-likeness (QED) is 0.807. The van der Waals surface area contributed by atoms with Crippen LogP contribution in [0.3, 0.4) is 0 Å². The maximum atomic E-state index is 5.72. The lowest BCUT2D eigenvalue weighted by atomic mass is 10.1. The molecule has 1 aromatic rings. The Balaban J connectivity index is 2.88. The third-order valence-corrected chi connectivity index (χ3v) is 4.47. The molecule has 3 N–H and O–H groups in total. The minimum Gasteiger partial charge on any atom is -0.389 e. The van der Waals surface area contributed by atoms with Gasteiger partial charge in [-0.2, -0.15) is 11.8 Å². The molecule has 17 heavy (non-hydrogen) atoms. The molecule has 0 spiro atoms. The zero-order valence-corrected chi connectivity index (χ0v) is 13.4. The molecule has 0 aromatic heterocycles. The number of halogens is 1. The zero-order valence-electron chi connectivity index (χ0n) is 10.2. The van der Waals surface area contributed by atoms with Gasteiger partial charge < -0.3 is 11.1 Å². The van der Waals surface area contributed by atoms with E-state index in [1.54, 1.807) is 0 Å². The van der Waals surface area contributed by atoms with E-state index in [0.717, 1.165) is 22.3 Å². The standard InChI is InChI=1S/C12H17BrN2S2/c1-12(2,17-3)7-15-10-5-4-8(13)6-9(10)11(14)16/h4-6,15H,7H2,1-3H3,(H2,14,16). The van der Waals surface area contributed by atoms with E-state index < -0.39 is 0 Å². The molecule has 0 atom stereocenters. The Morgan fingerprint density at radius 3 is 2.71 bits per heavy atom. The normalized spacial score (nSPS) is 11.3. The summed E-state index contributed by atoms with van der Waals surface area (Å²) in [4.78, 5) is 0.413. The van der Waals surface area contributed by atoms with E-state index in [0.29, 0.717) is 4.99 Å². The van der Waals surface area contributed by atoms with Crippen LogP contribution in [0.1, 0.15) is 19.4 Å². The number of hydrogen-bond donors (Lipinski definition) is 2. The van der Waals surface area contributed by atoms with Crippen molar-refractivity contribution in [1.82, 2.24) is 0 Å². The van der Waals surface area contributed by atoms with Crippen LogP contribution in [-0.2, 0) is 0 Å². The summed E-state index contributed by atoms with van der Waals surface area (Å²) in [6, 6.07) is 5.92. The fourth-order valence-corrected chi connectivity index (χ4v) is 2.00. The highest BCUT2D eigenvalue weighted by Gasteiger charge is 2.16. The van der Waals surface area contributed by atoms with Gasteiger partial charge in [0.25, 0.3) is 0 Å². The predicted molar refractivity (Wildman–Crippen MR) is 86.1 cm³/mol. The van der Waals surface area contributed by atoms with Crippen molar-refractivity contribution in [2.75, 3.05) is 18.1 Å². The molecule has 0 aliphatic rings. The fraction of sp³-hybridized carbons (Fsp3) is 0.417. The van der Waals surface area contributed by atoms with Gasteiger partial charge in [0.1, 0.15) is 4.99 Å². The summed E-state index contributed by atoms with van der Waals surface area (Å²) in [6.45, 7) is 5.26. The van der Waals surface area contributed by atoms with Crippen LogP contribution >= 0.6 is 39.9 Å². The van der Waals surface area contributed by atoms with E-state index in [4.69, 9.17) is 18.0 Å². The molecular weight excluding hydrogens is 316 g/mol. The van der Waals surface area contributed by atoms with Crippen molar-refractivity contribution in [2.24, 2.45) is 5.73 Å². The monoisotopic (exact) mass is 332 g/mol. The zero-order chi connectivity index (χ0) is 13.1. The summed E-state index contributed by atoms with van der Waals surface area (Å²) >= 11 is 10.3. The van der Waals surface area contributed by atoms with Gasteiger partial charge in [-0.15, -0.1) is 0 Å². The van der Waals surface area contributed by atoms with E-state index in [2.05, 4.69) is 41.3 Å². The second-order valence-electron chi connectivity index (χ2n) is 4.37. The SMILES string of the molecule is CSC(C)(C)CNc1ccc(Br)cc1C(N)=S. The average Bonchev–Trinajstić information content (AvgIpc) is 2.27. The highest BCUT2D eigenvalue weighted by atomic mass is 79.9. The first-order valence-electron chi connectivity index (χ1n) is 5.24. The lowest BCUT2D eigenvalue weighted by Gasteiger charge is -2.24. The van der Waals surface area contributed by atoms with Crippen LogP contribution in [0, 0.1) is 0 Å². The summed E-state index contributed by atoms with van der Waals surface area (Å²) in [7, 11) is 0. The highest BCUT2D eigenvalue weighted by molar-refractivity contribution is 9.10. The fourth-order valence-electron chi connectivity index (χ4n) is 1.25. The maximum Gasteiger partial charge on any atom is 0.106 e. The lowest BCUT2D eigenvalue weighted by Crippen LogP contribution is -2.27. The van der Waals surface area contributed by atoms with Crippen molar-refractivity contribution in [2.45, 2.75) is 18.6 Å². The van der Waals surface area contributed by atoms with Gasteiger partial charge in [-0.3, -0.25) is 0 Å². The van der Waals surface area contributed by atoms with Crippen LogP contribution in [0.25, 0.3) is 0 Å². The number of nitrogens with one attached hydrogen (secondary N) is 1. The average molecular weight is 333 g/mol. The smallest absolute Gasteiger partial charge is 0.106 e. The van der Waals surface area contributed by atoms with Gasteiger partial charge in [-0.05, 0) is 38.3 Å². The van der Waals surface area contributed by atoms with Crippen molar-refractivity contribution in [3.8, 4) is 0 Å². The Morgan fingerprint density at radius 2 is 2.18 bits per heavy atom. The summed E-state index contributed by atoms with van der Waals surface area (Å²) < 4.78 is 1.16. The van der Waals surface area contributed by atoms with E-state index in [9.17, 15) is 0 Å². The molecule has 5 heteroatoms. The molecule has 0 fully saturated rings. The molecule has 0 saturated heterocycles. The number of nitrogens with two attached hydrogens (primary N) is 1. The van der Waals surface area contributed by atoms with Gasteiger partial charge in [0.05, 0.1) is 0 Å². The molecule has 0 aliphatic heterocycles. The summed E-state index contributed by atoms with van der Waals surface area (Å²) in [5.74, 6) is 0. The van der Waals surface area contributed by atoms with Gasteiger partial charge in [0.15, 0.2) is 0 Å². The minimum absolute atomic E-state index is 0.181. The van der Waals surface area contributed by atoms with Crippen molar-refractivity contribution in [3.05, 3.63) is 28.2 Å². The van der Waals surface area contributed by atoms with Crippen molar-refractivity contribution >= 4 is 50.6 Å². The molecule has 0 unspecified atom stereocenters.